The lowest BCUT2D eigenvalue weighted by atomic mass is 9.86. The average Bonchev–Trinajstić information content (AvgIpc) is 2.28. The molecule has 0 aliphatic heterocycles. The summed E-state index contributed by atoms with van der Waals surface area (Å²) < 4.78 is 0. The molecule has 0 aliphatic rings. The van der Waals surface area contributed by atoms with Crippen LogP contribution in [0.2, 0.25) is 0 Å². The molecule has 0 saturated heterocycles. The van der Waals surface area contributed by atoms with Gasteiger partial charge >= 0.3 is 0 Å². The Bertz CT molecular complexity index is 324. The van der Waals surface area contributed by atoms with Gasteiger partial charge < -0.3 is 10.8 Å². The van der Waals surface area contributed by atoms with Crippen molar-refractivity contribution >= 4 is 0 Å². The van der Waals surface area contributed by atoms with Crippen LogP contribution in [0.3, 0.4) is 0 Å². The van der Waals surface area contributed by atoms with E-state index in [9.17, 15) is 0 Å². The largest absolute Gasteiger partial charge is 0.396 e. The van der Waals surface area contributed by atoms with Crippen molar-refractivity contribution in [3.8, 4) is 0 Å². The van der Waals surface area contributed by atoms with Gasteiger partial charge in [-0.05, 0) is 35.8 Å². The van der Waals surface area contributed by atoms with Crippen LogP contribution in [-0.4, -0.2) is 11.7 Å². The number of nitrogens with two attached hydrogens (primary N) is 1. The van der Waals surface area contributed by atoms with E-state index < -0.39 is 0 Å². The van der Waals surface area contributed by atoms with Crippen LogP contribution in [0.4, 0.5) is 0 Å². The van der Waals surface area contributed by atoms with Crippen molar-refractivity contribution in [2.75, 3.05) is 6.61 Å². The summed E-state index contributed by atoms with van der Waals surface area (Å²) in [5.41, 5.74) is 8.83. The predicted molar refractivity (Wildman–Crippen MR) is 73.0 cm³/mol. The molecule has 96 valence electrons. The van der Waals surface area contributed by atoms with Crippen molar-refractivity contribution in [3.05, 3.63) is 35.4 Å². The number of hydrogen-bond donors (Lipinski definition) is 2. The highest BCUT2D eigenvalue weighted by Gasteiger charge is 2.13. The summed E-state index contributed by atoms with van der Waals surface area (Å²) in [4.78, 5) is 0. The highest BCUT2D eigenvalue weighted by atomic mass is 16.2. The van der Waals surface area contributed by atoms with Gasteiger partial charge in [0.05, 0.1) is 0 Å². The molecule has 3 N–H and O–H groups in total. The van der Waals surface area contributed by atoms with Crippen molar-refractivity contribution in [1.29, 1.82) is 0 Å². The van der Waals surface area contributed by atoms with E-state index in [1.807, 2.05) is 0 Å². The molecular formula is C15H25NO. The summed E-state index contributed by atoms with van der Waals surface area (Å²) in [6.07, 6.45) is 2.77. The fraction of sp³-hybridized carbons (Fsp3) is 0.600. The monoisotopic (exact) mass is 235 g/mol. The van der Waals surface area contributed by atoms with Gasteiger partial charge in [-0.2, -0.15) is 0 Å². The molecule has 0 aliphatic carbocycles. The first-order chi connectivity index (χ1) is 7.95. The Morgan fingerprint density at radius 3 is 2.18 bits per heavy atom. The van der Waals surface area contributed by atoms with E-state index in [0.29, 0.717) is 0 Å². The van der Waals surface area contributed by atoms with E-state index in [1.165, 1.54) is 11.1 Å². The summed E-state index contributed by atoms with van der Waals surface area (Å²) in [7, 11) is 0. The summed E-state index contributed by atoms with van der Waals surface area (Å²) in [5, 5.41) is 8.73. The second-order valence-electron chi connectivity index (χ2n) is 5.70. The molecule has 1 aromatic rings. The number of unbranched alkanes of at least 4 members (excludes halogenated alkanes) is 1. The van der Waals surface area contributed by atoms with E-state index in [-0.39, 0.29) is 18.1 Å². The highest BCUT2D eigenvalue weighted by Crippen LogP contribution is 2.24. The molecule has 1 atom stereocenters. The van der Waals surface area contributed by atoms with Crippen molar-refractivity contribution in [2.24, 2.45) is 5.73 Å². The first kappa shape index (κ1) is 14.2. The third kappa shape index (κ3) is 4.49. The molecule has 1 unspecified atom stereocenters. The third-order valence-corrected chi connectivity index (χ3v) is 3.13. The zero-order valence-corrected chi connectivity index (χ0v) is 11.2. The summed E-state index contributed by atoms with van der Waals surface area (Å²) in [6, 6.07) is 8.69. The maximum atomic E-state index is 8.73. The average molecular weight is 235 g/mol. The zero-order chi connectivity index (χ0) is 12.9. The third-order valence-electron chi connectivity index (χ3n) is 3.13. The lowest BCUT2D eigenvalue weighted by Gasteiger charge is -2.20. The van der Waals surface area contributed by atoms with Crippen molar-refractivity contribution < 1.29 is 5.11 Å². The van der Waals surface area contributed by atoms with Crippen LogP contribution in [0.25, 0.3) is 0 Å². The van der Waals surface area contributed by atoms with E-state index in [4.69, 9.17) is 10.8 Å². The molecule has 0 radical (unpaired) electrons. The van der Waals surface area contributed by atoms with E-state index in [1.54, 1.807) is 0 Å². The van der Waals surface area contributed by atoms with Gasteiger partial charge in [0.1, 0.15) is 0 Å². The summed E-state index contributed by atoms with van der Waals surface area (Å²) in [6.45, 7) is 6.89. The Labute approximate surface area is 105 Å². The van der Waals surface area contributed by atoms with Gasteiger partial charge in [0, 0.05) is 12.6 Å². The Morgan fingerprint density at radius 2 is 1.71 bits per heavy atom. The number of aliphatic hydroxyl groups excluding tert-OH is 1. The number of rotatable bonds is 5. The van der Waals surface area contributed by atoms with Gasteiger partial charge in [-0.15, -0.1) is 0 Å². The minimum atomic E-state index is 0.0931. The van der Waals surface area contributed by atoms with Crippen molar-refractivity contribution in [3.63, 3.8) is 0 Å². The molecule has 0 fully saturated rings. The first-order valence-corrected chi connectivity index (χ1v) is 6.42. The molecule has 0 spiro atoms. The molecular weight excluding hydrogens is 210 g/mol. The maximum absolute atomic E-state index is 8.73. The molecule has 0 aromatic heterocycles. The molecule has 2 nitrogen and oxygen atoms in total. The molecule has 0 saturated carbocycles. The topological polar surface area (TPSA) is 46.2 Å². The Morgan fingerprint density at radius 1 is 1.12 bits per heavy atom. The van der Waals surface area contributed by atoms with Gasteiger partial charge in [-0.3, -0.25) is 0 Å². The van der Waals surface area contributed by atoms with Crippen LogP contribution >= 0.6 is 0 Å². The maximum Gasteiger partial charge on any atom is 0.0431 e. The van der Waals surface area contributed by atoms with E-state index in [0.717, 1.165) is 19.3 Å². The predicted octanol–water partition coefficient (Wildman–Crippen LogP) is 3.15. The molecule has 0 heterocycles. The lowest BCUT2D eigenvalue weighted by Crippen LogP contribution is -2.13. The van der Waals surface area contributed by atoms with Crippen LogP contribution in [-0.2, 0) is 5.41 Å². The number of hydrogen-bond acceptors (Lipinski definition) is 2. The normalized spacial score (nSPS) is 13.7. The minimum absolute atomic E-state index is 0.0931. The van der Waals surface area contributed by atoms with Gasteiger partial charge in [0.2, 0.25) is 0 Å². The van der Waals surface area contributed by atoms with Gasteiger partial charge in [0.25, 0.3) is 0 Å². The molecule has 0 amide bonds. The number of benzene rings is 1. The Kier molecular flexibility index (Phi) is 5.16. The zero-order valence-electron chi connectivity index (χ0n) is 11.2. The van der Waals surface area contributed by atoms with Gasteiger partial charge in [-0.25, -0.2) is 0 Å². The van der Waals surface area contributed by atoms with Gasteiger partial charge in [0.15, 0.2) is 0 Å². The van der Waals surface area contributed by atoms with Crippen molar-refractivity contribution in [1.82, 2.24) is 0 Å². The van der Waals surface area contributed by atoms with Crippen LogP contribution in [0.1, 0.15) is 57.2 Å². The van der Waals surface area contributed by atoms with Crippen LogP contribution in [0.5, 0.6) is 0 Å². The minimum Gasteiger partial charge on any atom is -0.396 e. The summed E-state index contributed by atoms with van der Waals surface area (Å²) in [5.74, 6) is 0. The van der Waals surface area contributed by atoms with Crippen LogP contribution < -0.4 is 5.73 Å². The molecule has 1 aromatic carbocycles. The molecule has 2 heteroatoms. The Hall–Kier alpha value is -0.860. The second kappa shape index (κ2) is 6.18. The lowest BCUT2D eigenvalue weighted by molar-refractivity contribution is 0.281. The van der Waals surface area contributed by atoms with Crippen LogP contribution in [0.15, 0.2) is 24.3 Å². The van der Waals surface area contributed by atoms with Gasteiger partial charge in [-0.1, -0.05) is 45.0 Å². The smallest absolute Gasteiger partial charge is 0.0431 e. The standard InChI is InChI=1S/C15H25NO/c1-15(2,3)13-9-7-12(8-10-13)14(16)6-4-5-11-17/h7-10,14,17H,4-6,11,16H2,1-3H3. The van der Waals surface area contributed by atoms with Crippen LogP contribution in [0, 0.1) is 0 Å². The number of aliphatic hydroxyl groups is 1. The fourth-order valence-corrected chi connectivity index (χ4v) is 1.87. The SMILES string of the molecule is CC(C)(C)c1ccc(C(N)CCCCO)cc1. The fourth-order valence-electron chi connectivity index (χ4n) is 1.87. The van der Waals surface area contributed by atoms with E-state index >= 15 is 0 Å². The first-order valence-electron chi connectivity index (χ1n) is 6.42. The summed E-state index contributed by atoms with van der Waals surface area (Å²) >= 11 is 0. The quantitative estimate of drug-likeness (QED) is 0.770. The second-order valence-corrected chi connectivity index (χ2v) is 5.70. The van der Waals surface area contributed by atoms with Crippen molar-refractivity contribution in [2.45, 2.75) is 51.5 Å². The molecule has 17 heavy (non-hydrogen) atoms. The van der Waals surface area contributed by atoms with E-state index in [2.05, 4.69) is 45.0 Å². The highest BCUT2D eigenvalue weighted by molar-refractivity contribution is 5.29. The molecule has 1 rings (SSSR count). The molecule has 0 bridgehead atoms. The Balaban J connectivity index is 2.61.